The molecule has 12 nitrogen and oxygen atoms in total. The van der Waals surface area contributed by atoms with E-state index in [1.165, 1.54) is 0 Å². The average Bonchev–Trinajstić information content (AvgIpc) is 3.88. The molecule has 3 aliphatic heterocycles. The largest absolute Gasteiger partial charge is 0.457 e. The summed E-state index contributed by atoms with van der Waals surface area (Å²) in [5, 5.41) is 24.8. The first kappa shape index (κ1) is 42.0. The minimum Gasteiger partial charge on any atom is -0.457 e. The molecule has 294 valence electrons. The van der Waals surface area contributed by atoms with Gasteiger partial charge in [0.15, 0.2) is 6.10 Å². The number of aliphatic hydroxyl groups excluding tert-OH is 1. The highest BCUT2D eigenvalue weighted by Crippen LogP contribution is 2.37. The Bertz CT molecular complexity index is 1440. The maximum Gasteiger partial charge on any atom is 0.411 e. The van der Waals surface area contributed by atoms with E-state index in [1.54, 1.807) is 17.9 Å². The Labute approximate surface area is 315 Å². The van der Waals surface area contributed by atoms with Crippen LogP contribution in [0.3, 0.4) is 0 Å². The van der Waals surface area contributed by atoms with Crippen LogP contribution in [-0.2, 0) is 23.7 Å². The lowest BCUT2D eigenvalue weighted by Gasteiger charge is -2.36. The number of carbonyl (C=O) groups excluding carboxylic acids is 3. The predicted molar refractivity (Wildman–Crippen MR) is 203 cm³/mol. The topological polar surface area (TPSA) is 150 Å². The molecule has 0 saturated carbocycles. The van der Waals surface area contributed by atoms with Crippen LogP contribution in [-0.4, -0.2) is 114 Å². The lowest BCUT2D eigenvalue weighted by molar-refractivity contribution is -0.151. The molecule has 2 amide bonds. The van der Waals surface area contributed by atoms with Crippen LogP contribution in [0.2, 0.25) is 0 Å². The second-order valence-corrected chi connectivity index (χ2v) is 15.4. The van der Waals surface area contributed by atoms with Gasteiger partial charge in [-0.1, -0.05) is 70.2 Å². The highest BCUT2D eigenvalue weighted by molar-refractivity contribution is 5.84. The van der Waals surface area contributed by atoms with Gasteiger partial charge in [-0.3, -0.25) is 10.1 Å². The first-order chi connectivity index (χ1) is 25.2. The number of rotatable bonds is 11. The highest BCUT2D eigenvalue weighted by atomic mass is 16.6. The second-order valence-electron chi connectivity index (χ2n) is 15.4. The molecule has 10 unspecified atom stereocenters. The van der Waals surface area contributed by atoms with Crippen LogP contribution in [0, 0.1) is 17.8 Å². The maximum atomic E-state index is 13.1. The van der Waals surface area contributed by atoms with E-state index in [9.17, 15) is 24.6 Å². The van der Waals surface area contributed by atoms with E-state index in [0.29, 0.717) is 25.2 Å². The first-order valence-corrected chi connectivity index (χ1v) is 19.1. The molecule has 0 spiro atoms. The number of allylic oxidation sites excluding steroid dienone is 3. The number of para-hydroxylation sites is 1. The number of ether oxygens (including phenoxy) is 4. The Kier molecular flexibility index (Phi) is 15.5. The van der Waals surface area contributed by atoms with Crippen molar-refractivity contribution in [3.05, 3.63) is 66.3 Å². The Morgan fingerprint density at radius 3 is 2.51 bits per heavy atom. The Hall–Kier alpha value is -3.71. The van der Waals surface area contributed by atoms with Crippen molar-refractivity contribution in [2.45, 2.75) is 116 Å². The molecule has 10 atom stereocenters. The quantitative estimate of drug-likeness (QED) is 0.0799. The number of nitrogens with one attached hydrogen (secondary N) is 1. The van der Waals surface area contributed by atoms with Gasteiger partial charge in [0.05, 0.1) is 24.7 Å². The molecule has 0 aromatic heterocycles. The lowest BCUT2D eigenvalue weighted by Crippen LogP contribution is -2.50. The van der Waals surface area contributed by atoms with Crippen LogP contribution in [0.4, 0.5) is 15.3 Å². The molecular weight excluding hydrogens is 678 g/mol. The standard InChI is InChI=1S/C41H61N3O9/c1-8-33(51-39(47)42-31-15-10-9-11-16-31)30(5)38-34(50-38)25-27(2)13-12-14-28(3)37-29(4)17-18-35(52-40(48)44-23-21-43(7)22-24-44)41(6,49)20-19-32(45)26-36(46)53-37/h9-18,27,29-30,32-35,37-38,45,49H,8,19-26H2,1-7H3,(H,42,47)/b13-12+,18-17+,28-14+. The van der Waals surface area contributed by atoms with Crippen LogP contribution < -0.4 is 5.32 Å². The number of nitrogens with zero attached hydrogens (tertiary/aromatic N) is 2. The summed E-state index contributed by atoms with van der Waals surface area (Å²) in [6.07, 6.45) is 7.15. The van der Waals surface area contributed by atoms with Crippen molar-refractivity contribution < 1.29 is 43.5 Å². The minimum atomic E-state index is -1.47. The number of benzene rings is 1. The van der Waals surface area contributed by atoms with Gasteiger partial charge in [0.1, 0.15) is 17.8 Å². The summed E-state index contributed by atoms with van der Waals surface area (Å²) in [5.41, 5.74) is 0.0156. The van der Waals surface area contributed by atoms with Gasteiger partial charge in [-0.15, -0.1) is 0 Å². The fourth-order valence-electron chi connectivity index (χ4n) is 6.95. The van der Waals surface area contributed by atoms with Crippen molar-refractivity contribution in [1.82, 2.24) is 9.80 Å². The number of esters is 1. The molecule has 3 heterocycles. The summed E-state index contributed by atoms with van der Waals surface area (Å²) in [5.74, 6) is -0.631. The summed E-state index contributed by atoms with van der Waals surface area (Å²) >= 11 is 0. The molecule has 53 heavy (non-hydrogen) atoms. The van der Waals surface area contributed by atoms with Gasteiger partial charge in [-0.2, -0.15) is 0 Å². The normalized spacial score (nSPS) is 31.3. The van der Waals surface area contributed by atoms with Crippen LogP contribution >= 0.6 is 0 Å². The number of anilines is 1. The Morgan fingerprint density at radius 1 is 1.13 bits per heavy atom. The summed E-state index contributed by atoms with van der Waals surface area (Å²) in [7, 11) is 2.00. The third-order valence-corrected chi connectivity index (χ3v) is 10.6. The fraction of sp³-hybridized carbons (Fsp3) is 0.634. The summed E-state index contributed by atoms with van der Waals surface area (Å²) < 4.78 is 23.6. The third-order valence-electron chi connectivity index (χ3n) is 10.6. The molecule has 4 rings (SSSR count). The number of aliphatic hydroxyl groups is 2. The first-order valence-electron chi connectivity index (χ1n) is 19.1. The van der Waals surface area contributed by atoms with Gasteiger partial charge in [-0.25, -0.2) is 9.59 Å². The van der Waals surface area contributed by atoms with E-state index in [2.05, 4.69) is 30.1 Å². The van der Waals surface area contributed by atoms with E-state index in [0.717, 1.165) is 25.1 Å². The SMILES string of the molecule is CCC(OC(=O)Nc1ccccc1)C(C)C1OC1CC(C)/C=C/C=C(\C)C1OC(=O)CC(O)CCC(C)(O)C(OC(=O)N2CCN(C)CC2)/C=C/C1C. The van der Waals surface area contributed by atoms with Crippen LogP contribution in [0.15, 0.2) is 66.3 Å². The monoisotopic (exact) mass is 739 g/mol. The predicted octanol–water partition coefficient (Wildman–Crippen LogP) is 6.10. The average molecular weight is 740 g/mol. The van der Waals surface area contributed by atoms with Crippen molar-refractivity contribution in [3.8, 4) is 0 Å². The van der Waals surface area contributed by atoms with Gasteiger partial charge in [0.2, 0.25) is 0 Å². The highest BCUT2D eigenvalue weighted by Gasteiger charge is 2.46. The molecule has 2 saturated heterocycles. The summed E-state index contributed by atoms with van der Waals surface area (Å²) in [4.78, 5) is 42.3. The number of amides is 2. The smallest absolute Gasteiger partial charge is 0.411 e. The van der Waals surface area contributed by atoms with Gasteiger partial charge in [0.25, 0.3) is 0 Å². The zero-order valence-electron chi connectivity index (χ0n) is 32.5. The molecule has 0 radical (unpaired) electrons. The van der Waals surface area contributed by atoms with Crippen molar-refractivity contribution >= 4 is 23.8 Å². The fourth-order valence-corrected chi connectivity index (χ4v) is 6.95. The molecular formula is C41H61N3O9. The molecule has 1 aromatic rings. The van der Waals surface area contributed by atoms with Gasteiger partial charge < -0.3 is 39.0 Å². The summed E-state index contributed by atoms with van der Waals surface area (Å²) in [6.45, 7) is 14.1. The lowest BCUT2D eigenvalue weighted by atomic mass is 9.88. The summed E-state index contributed by atoms with van der Waals surface area (Å²) in [6, 6.07) is 9.21. The van der Waals surface area contributed by atoms with Gasteiger partial charge in [-0.05, 0) is 76.3 Å². The van der Waals surface area contributed by atoms with Gasteiger partial charge in [0, 0.05) is 43.7 Å². The zero-order chi connectivity index (χ0) is 38.7. The number of carbonyl (C=O) groups is 3. The molecule has 2 fully saturated rings. The number of epoxide rings is 1. The van der Waals surface area contributed by atoms with Crippen molar-refractivity contribution in [1.29, 1.82) is 0 Å². The second kappa shape index (κ2) is 19.6. The molecule has 3 aliphatic rings. The molecule has 1 aromatic carbocycles. The zero-order valence-corrected chi connectivity index (χ0v) is 32.5. The molecule has 3 N–H and O–H groups in total. The van der Waals surface area contributed by atoms with Crippen LogP contribution in [0.25, 0.3) is 0 Å². The van der Waals surface area contributed by atoms with E-state index >= 15 is 0 Å². The van der Waals surface area contributed by atoms with Crippen molar-refractivity contribution in [2.24, 2.45) is 17.8 Å². The van der Waals surface area contributed by atoms with Crippen molar-refractivity contribution in [3.63, 3.8) is 0 Å². The number of likely N-dealkylation sites (N-methyl/N-ethyl adjacent to an activating group) is 1. The third kappa shape index (κ3) is 13.0. The van der Waals surface area contributed by atoms with Crippen LogP contribution in [0.1, 0.15) is 73.6 Å². The van der Waals surface area contributed by atoms with Gasteiger partial charge >= 0.3 is 18.2 Å². The number of cyclic esters (lactones) is 1. The maximum absolute atomic E-state index is 13.1. The number of hydrogen-bond acceptors (Lipinski definition) is 10. The Morgan fingerprint density at radius 2 is 1.83 bits per heavy atom. The van der Waals surface area contributed by atoms with Crippen LogP contribution in [0.5, 0.6) is 0 Å². The number of hydrogen-bond donors (Lipinski definition) is 3. The molecule has 0 aliphatic carbocycles. The molecule has 12 heteroatoms. The molecule has 0 bridgehead atoms. The Balaban J connectivity index is 1.36. The van der Waals surface area contributed by atoms with Crippen molar-refractivity contribution in [2.75, 3.05) is 38.5 Å². The van der Waals surface area contributed by atoms with E-state index in [4.69, 9.17) is 18.9 Å². The van der Waals surface area contributed by atoms with E-state index in [-0.39, 0.29) is 55.3 Å². The van der Waals surface area contributed by atoms with E-state index in [1.807, 2.05) is 76.4 Å². The minimum absolute atomic E-state index is 0.00154. The van der Waals surface area contributed by atoms with E-state index < -0.39 is 42.1 Å². The number of piperazine rings is 1.